The zero-order chi connectivity index (χ0) is 13.0. The van der Waals surface area contributed by atoms with Crippen LogP contribution in [0.1, 0.15) is 39.0 Å². The van der Waals surface area contributed by atoms with E-state index in [1.165, 1.54) is 6.42 Å². The first-order valence-electron chi connectivity index (χ1n) is 6.96. The normalized spacial score (nSPS) is 25.8. The van der Waals surface area contributed by atoms with Crippen molar-refractivity contribution in [3.8, 4) is 0 Å². The van der Waals surface area contributed by atoms with Gasteiger partial charge in [0.05, 0.1) is 6.04 Å². The van der Waals surface area contributed by atoms with Crippen LogP contribution in [0, 0.1) is 0 Å². The summed E-state index contributed by atoms with van der Waals surface area (Å²) in [6, 6.07) is 0.224. The highest BCUT2D eigenvalue weighted by Crippen LogP contribution is 2.12. The molecule has 2 saturated heterocycles. The maximum Gasteiger partial charge on any atom is 0.237 e. The lowest BCUT2D eigenvalue weighted by Gasteiger charge is -2.33. The molecule has 0 saturated carbocycles. The SMILES string of the molecule is CC(=O)N1CCC(NC(=O)[C@H]2CCCCN2)CC1. The van der Waals surface area contributed by atoms with Gasteiger partial charge in [-0.25, -0.2) is 0 Å². The Kier molecular flexibility index (Phi) is 4.58. The molecular formula is C13H23N3O2. The molecule has 5 nitrogen and oxygen atoms in total. The maximum absolute atomic E-state index is 12.0. The van der Waals surface area contributed by atoms with Gasteiger partial charge in [0, 0.05) is 26.1 Å². The summed E-state index contributed by atoms with van der Waals surface area (Å²) in [5.74, 6) is 0.268. The molecule has 0 aromatic carbocycles. The number of amides is 2. The Labute approximate surface area is 108 Å². The van der Waals surface area contributed by atoms with Crippen LogP contribution in [-0.2, 0) is 9.59 Å². The van der Waals surface area contributed by atoms with E-state index >= 15 is 0 Å². The van der Waals surface area contributed by atoms with Gasteiger partial charge in [-0.15, -0.1) is 0 Å². The molecule has 102 valence electrons. The van der Waals surface area contributed by atoms with Crippen LogP contribution >= 0.6 is 0 Å². The third-order valence-corrected chi connectivity index (χ3v) is 3.91. The predicted molar refractivity (Wildman–Crippen MR) is 69.1 cm³/mol. The lowest BCUT2D eigenvalue weighted by molar-refractivity contribution is -0.130. The van der Waals surface area contributed by atoms with Crippen molar-refractivity contribution in [1.82, 2.24) is 15.5 Å². The van der Waals surface area contributed by atoms with E-state index in [1.54, 1.807) is 6.92 Å². The van der Waals surface area contributed by atoms with Crippen LogP contribution in [0.5, 0.6) is 0 Å². The summed E-state index contributed by atoms with van der Waals surface area (Å²) in [5, 5.41) is 6.37. The third kappa shape index (κ3) is 3.45. The molecule has 5 heteroatoms. The molecule has 2 rings (SSSR count). The molecule has 0 aliphatic carbocycles. The minimum absolute atomic E-state index is 0.00964. The van der Waals surface area contributed by atoms with E-state index in [0.717, 1.165) is 45.3 Å². The highest BCUT2D eigenvalue weighted by molar-refractivity contribution is 5.82. The second kappa shape index (κ2) is 6.18. The number of nitrogens with zero attached hydrogens (tertiary/aromatic N) is 1. The Morgan fingerprint density at radius 1 is 1.17 bits per heavy atom. The highest BCUT2D eigenvalue weighted by atomic mass is 16.2. The molecule has 2 N–H and O–H groups in total. The first-order valence-corrected chi connectivity index (χ1v) is 6.96. The van der Waals surface area contributed by atoms with Gasteiger partial charge in [-0.1, -0.05) is 6.42 Å². The quantitative estimate of drug-likeness (QED) is 0.742. The van der Waals surface area contributed by atoms with E-state index in [9.17, 15) is 9.59 Å². The van der Waals surface area contributed by atoms with E-state index in [0.29, 0.717) is 0 Å². The van der Waals surface area contributed by atoms with Gasteiger partial charge in [0.15, 0.2) is 0 Å². The summed E-state index contributed by atoms with van der Waals surface area (Å²) in [5.41, 5.74) is 0. The van der Waals surface area contributed by atoms with Crippen molar-refractivity contribution >= 4 is 11.8 Å². The van der Waals surface area contributed by atoms with Crippen molar-refractivity contribution in [1.29, 1.82) is 0 Å². The van der Waals surface area contributed by atoms with Gasteiger partial charge in [0.2, 0.25) is 11.8 Å². The van der Waals surface area contributed by atoms with Crippen LogP contribution in [0.15, 0.2) is 0 Å². The van der Waals surface area contributed by atoms with Gasteiger partial charge in [-0.3, -0.25) is 9.59 Å². The number of likely N-dealkylation sites (tertiary alicyclic amines) is 1. The van der Waals surface area contributed by atoms with E-state index in [1.807, 2.05) is 4.90 Å². The molecule has 2 aliphatic rings. The fourth-order valence-electron chi connectivity index (χ4n) is 2.72. The average molecular weight is 253 g/mol. The lowest BCUT2D eigenvalue weighted by Crippen LogP contribution is -2.52. The molecule has 2 aliphatic heterocycles. The number of carbonyl (C=O) groups is 2. The van der Waals surface area contributed by atoms with Crippen molar-refractivity contribution in [2.45, 2.75) is 51.1 Å². The van der Waals surface area contributed by atoms with Gasteiger partial charge < -0.3 is 15.5 Å². The zero-order valence-electron chi connectivity index (χ0n) is 11.1. The zero-order valence-corrected chi connectivity index (χ0v) is 11.1. The molecular weight excluding hydrogens is 230 g/mol. The summed E-state index contributed by atoms with van der Waals surface area (Å²) in [4.78, 5) is 25.1. The van der Waals surface area contributed by atoms with E-state index < -0.39 is 0 Å². The van der Waals surface area contributed by atoms with E-state index in [-0.39, 0.29) is 23.9 Å². The fourth-order valence-corrected chi connectivity index (χ4v) is 2.72. The minimum atomic E-state index is -0.00964. The van der Waals surface area contributed by atoms with Gasteiger partial charge in [0.25, 0.3) is 0 Å². The first-order chi connectivity index (χ1) is 8.66. The largest absolute Gasteiger partial charge is 0.352 e. The molecule has 0 unspecified atom stereocenters. The van der Waals surface area contributed by atoms with E-state index in [2.05, 4.69) is 10.6 Å². The fraction of sp³-hybridized carbons (Fsp3) is 0.846. The second-order valence-electron chi connectivity index (χ2n) is 5.29. The summed E-state index contributed by atoms with van der Waals surface area (Å²) in [6.07, 6.45) is 4.99. The van der Waals surface area contributed by atoms with Crippen LogP contribution in [0.25, 0.3) is 0 Å². The summed E-state index contributed by atoms with van der Waals surface area (Å²) in [7, 11) is 0. The van der Waals surface area contributed by atoms with Crippen molar-refractivity contribution in [3.63, 3.8) is 0 Å². The molecule has 0 bridgehead atoms. The summed E-state index contributed by atoms with van der Waals surface area (Å²) < 4.78 is 0. The number of carbonyl (C=O) groups excluding carboxylic acids is 2. The smallest absolute Gasteiger partial charge is 0.237 e. The van der Waals surface area contributed by atoms with E-state index in [4.69, 9.17) is 0 Å². The van der Waals surface area contributed by atoms with Crippen LogP contribution in [0.4, 0.5) is 0 Å². The van der Waals surface area contributed by atoms with Gasteiger partial charge >= 0.3 is 0 Å². The topological polar surface area (TPSA) is 61.4 Å². The van der Waals surface area contributed by atoms with Crippen LogP contribution in [-0.4, -0.2) is 48.4 Å². The standard InChI is InChI=1S/C13H23N3O2/c1-10(17)16-8-5-11(6-9-16)15-13(18)12-4-2-3-7-14-12/h11-12,14H,2-9H2,1H3,(H,15,18)/t12-/m1/s1. The number of nitrogens with one attached hydrogen (secondary N) is 2. The number of rotatable bonds is 2. The van der Waals surface area contributed by atoms with Crippen LogP contribution < -0.4 is 10.6 Å². The molecule has 0 aromatic heterocycles. The monoisotopic (exact) mass is 253 g/mol. The van der Waals surface area contributed by atoms with Crippen molar-refractivity contribution in [3.05, 3.63) is 0 Å². The van der Waals surface area contributed by atoms with Crippen molar-refractivity contribution in [2.24, 2.45) is 0 Å². The van der Waals surface area contributed by atoms with Crippen molar-refractivity contribution in [2.75, 3.05) is 19.6 Å². The van der Waals surface area contributed by atoms with Gasteiger partial charge in [0.1, 0.15) is 0 Å². The molecule has 0 radical (unpaired) electrons. The molecule has 2 fully saturated rings. The average Bonchev–Trinajstić information content (AvgIpc) is 2.40. The maximum atomic E-state index is 12.0. The highest BCUT2D eigenvalue weighted by Gasteiger charge is 2.26. The summed E-state index contributed by atoms with van der Waals surface area (Å²) >= 11 is 0. The molecule has 0 aromatic rings. The predicted octanol–water partition coefficient (Wildman–Crippen LogP) is 0.256. The van der Waals surface area contributed by atoms with Crippen molar-refractivity contribution < 1.29 is 9.59 Å². The Bertz CT molecular complexity index is 305. The van der Waals surface area contributed by atoms with Crippen LogP contribution in [0.3, 0.4) is 0 Å². The lowest BCUT2D eigenvalue weighted by atomic mass is 10.0. The Morgan fingerprint density at radius 2 is 1.89 bits per heavy atom. The minimum Gasteiger partial charge on any atom is -0.352 e. The molecule has 2 amide bonds. The first kappa shape index (κ1) is 13.3. The Morgan fingerprint density at radius 3 is 2.44 bits per heavy atom. The number of piperidine rings is 2. The Balaban J connectivity index is 1.73. The van der Waals surface area contributed by atoms with Gasteiger partial charge in [-0.2, -0.15) is 0 Å². The van der Waals surface area contributed by atoms with Crippen LogP contribution in [0.2, 0.25) is 0 Å². The molecule has 2 heterocycles. The molecule has 18 heavy (non-hydrogen) atoms. The Hall–Kier alpha value is -1.10. The number of hydrogen-bond acceptors (Lipinski definition) is 3. The van der Waals surface area contributed by atoms with Gasteiger partial charge in [-0.05, 0) is 32.2 Å². The molecule has 0 spiro atoms. The molecule has 1 atom stereocenters. The summed E-state index contributed by atoms with van der Waals surface area (Å²) in [6.45, 7) is 4.07. The second-order valence-corrected chi connectivity index (χ2v) is 5.29. The number of hydrogen-bond donors (Lipinski definition) is 2. The third-order valence-electron chi connectivity index (χ3n) is 3.91.